The largest absolute Gasteiger partial charge is 0.337 e. The average molecular weight is 381 g/mol. The second-order valence-corrected chi connectivity index (χ2v) is 7.50. The zero-order valence-electron chi connectivity index (χ0n) is 16.0. The number of rotatable bonds is 2. The smallest absolute Gasteiger partial charge is 0.181 e. The summed E-state index contributed by atoms with van der Waals surface area (Å²) < 4.78 is 0. The van der Waals surface area contributed by atoms with Gasteiger partial charge in [-0.15, -0.1) is 0 Å². The molecule has 0 bridgehead atoms. The summed E-state index contributed by atoms with van der Waals surface area (Å²) in [6.07, 6.45) is 6.56. The standard InChI is InChI=1S/C22H19N7/c1-12-4-6-23-10-16(12)14-8-15-20(28-29-21(15)25-9-14)22-26-18-3-2-13-5-7-24-11-17(13)19(18)27-22/h2-4,6,8-10,24H,5,7,11H2,1H3,(H,26,27)(H,25,28,29). The van der Waals surface area contributed by atoms with Gasteiger partial charge in [0.05, 0.1) is 16.4 Å². The van der Waals surface area contributed by atoms with E-state index in [4.69, 9.17) is 4.98 Å². The van der Waals surface area contributed by atoms with Crippen molar-refractivity contribution in [2.24, 2.45) is 0 Å². The van der Waals surface area contributed by atoms with Crippen LogP contribution in [0.2, 0.25) is 0 Å². The first-order chi connectivity index (χ1) is 14.3. The highest BCUT2D eigenvalue weighted by Crippen LogP contribution is 2.31. The van der Waals surface area contributed by atoms with E-state index in [1.54, 1.807) is 6.20 Å². The van der Waals surface area contributed by atoms with E-state index in [0.29, 0.717) is 5.65 Å². The molecule has 0 amide bonds. The summed E-state index contributed by atoms with van der Waals surface area (Å²) in [4.78, 5) is 17.2. The molecule has 0 spiro atoms. The van der Waals surface area contributed by atoms with Crippen molar-refractivity contribution in [3.63, 3.8) is 0 Å². The van der Waals surface area contributed by atoms with Gasteiger partial charge < -0.3 is 10.3 Å². The highest BCUT2D eigenvalue weighted by Gasteiger charge is 2.18. The summed E-state index contributed by atoms with van der Waals surface area (Å²) in [7, 11) is 0. The Labute approximate surface area is 166 Å². The molecule has 29 heavy (non-hydrogen) atoms. The summed E-state index contributed by atoms with van der Waals surface area (Å²) in [5.74, 6) is 0.781. The number of benzene rings is 1. The predicted molar refractivity (Wildman–Crippen MR) is 112 cm³/mol. The van der Waals surface area contributed by atoms with Gasteiger partial charge in [0.2, 0.25) is 0 Å². The van der Waals surface area contributed by atoms with E-state index in [9.17, 15) is 0 Å². The van der Waals surface area contributed by atoms with E-state index in [1.165, 1.54) is 11.1 Å². The molecular formula is C22H19N7. The van der Waals surface area contributed by atoms with Gasteiger partial charge in [-0.2, -0.15) is 5.10 Å². The van der Waals surface area contributed by atoms with Gasteiger partial charge in [0.25, 0.3) is 0 Å². The fraction of sp³-hybridized carbons (Fsp3) is 0.182. The molecule has 5 heterocycles. The van der Waals surface area contributed by atoms with Crippen LogP contribution < -0.4 is 5.32 Å². The van der Waals surface area contributed by atoms with Crippen LogP contribution in [0.15, 0.2) is 42.9 Å². The molecule has 6 rings (SSSR count). The molecule has 7 heteroatoms. The number of aromatic nitrogens is 6. The van der Waals surface area contributed by atoms with E-state index in [1.807, 2.05) is 18.5 Å². The number of fused-ring (bicyclic) bond motifs is 4. The van der Waals surface area contributed by atoms with Crippen molar-refractivity contribution in [3.05, 3.63) is 59.5 Å². The SMILES string of the molecule is Cc1ccncc1-c1cnc2n[nH]c(-c3nc4c5c(ccc4[nH]3)CCNC5)c2c1. The Hall–Kier alpha value is -3.58. The summed E-state index contributed by atoms with van der Waals surface area (Å²) >= 11 is 0. The highest BCUT2D eigenvalue weighted by molar-refractivity contribution is 5.94. The average Bonchev–Trinajstić information content (AvgIpc) is 3.37. The number of nitrogens with one attached hydrogen (secondary N) is 3. The molecule has 3 N–H and O–H groups in total. The Kier molecular flexibility index (Phi) is 3.51. The summed E-state index contributed by atoms with van der Waals surface area (Å²) in [6.45, 7) is 3.95. The Morgan fingerprint density at radius 1 is 1.10 bits per heavy atom. The zero-order valence-corrected chi connectivity index (χ0v) is 16.0. The fourth-order valence-corrected chi connectivity index (χ4v) is 4.15. The Balaban J connectivity index is 1.53. The maximum atomic E-state index is 4.93. The van der Waals surface area contributed by atoms with E-state index in [0.717, 1.165) is 64.1 Å². The molecule has 1 aliphatic rings. The summed E-state index contributed by atoms with van der Waals surface area (Å²) in [5.41, 5.74) is 9.50. The monoisotopic (exact) mass is 381 g/mol. The number of imidazole rings is 1. The van der Waals surface area contributed by atoms with Crippen LogP contribution >= 0.6 is 0 Å². The lowest BCUT2D eigenvalue weighted by molar-refractivity contribution is 0.647. The molecule has 142 valence electrons. The summed E-state index contributed by atoms with van der Waals surface area (Å²) in [5, 5.41) is 11.9. The normalized spacial score (nSPS) is 13.8. The van der Waals surface area contributed by atoms with Crippen molar-refractivity contribution in [2.45, 2.75) is 19.9 Å². The molecular weight excluding hydrogens is 362 g/mol. The predicted octanol–water partition coefficient (Wildman–Crippen LogP) is 3.52. The number of H-pyrrole nitrogens is 2. The third kappa shape index (κ3) is 2.55. The molecule has 1 aliphatic heterocycles. The molecule has 0 unspecified atom stereocenters. The molecule has 5 aromatic rings. The van der Waals surface area contributed by atoms with E-state index >= 15 is 0 Å². The second-order valence-electron chi connectivity index (χ2n) is 7.50. The van der Waals surface area contributed by atoms with Crippen LogP contribution in [0.4, 0.5) is 0 Å². The first kappa shape index (κ1) is 16.4. The van der Waals surface area contributed by atoms with Gasteiger partial charge in [0.1, 0.15) is 5.69 Å². The van der Waals surface area contributed by atoms with Crippen LogP contribution in [-0.4, -0.2) is 36.7 Å². The molecule has 0 saturated heterocycles. The van der Waals surface area contributed by atoms with Crippen LogP contribution in [0.25, 0.3) is 44.7 Å². The molecule has 0 fully saturated rings. The van der Waals surface area contributed by atoms with Gasteiger partial charge in [-0.3, -0.25) is 10.1 Å². The Morgan fingerprint density at radius 3 is 3.00 bits per heavy atom. The van der Waals surface area contributed by atoms with Gasteiger partial charge in [0, 0.05) is 36.3 Å². The van der Waals surface area contributed by atoms with Crippen LogP contribution in [-0.2, 0) is 13.0 Å². The Bertz CT molecular complexity index is 1380. The number of nitrogens with zero attached hydrogens (tertiary/aromatic N) is 4. The second kappa shape index (κ2) is 6.22. The van der Waals surface area contributed by atoms with Crippen LogP contribution in [0.5, 0.6) is 0 Å². The molecule has 0 aliphatic carbocycles. The third-order valence-corrected chi connectivity index (χ3v) is 5.73. The fourth-order valence-electron chi connectivity index (χ4n) is 4.15. The third-order valence-electron chi connectivity index (χ3n) is 5.73. The van der Waals surface area contributed by atoms with Gasteiger partial charge in [0.15, 0.2) is 11.5 Å². The van der Waals surface area contributed by atoms with E-state index < -0.39 is 0 Å². The number of hydrogen-bond acceptors (Lipinski definition) is 5. The number of hydrogen-bond donors (Lipinski definition) is 3. The molecule has 0 atom stereocenters. The molecule has 0 saturated carbocycles. The van der Waals surface area contributed by atoms with Crippen LogP contribution in [0, 0.1) is 6.92 Å². The van der Waals surface area contributed by atoms with Crippen LogP contribution in [0.3, 0.4) is 0 Å². The lowest BCUT2D eigenvalue weighted by Crippen LogP contribution is -2.23. The lowest BCUT2D eigenvalue weighted by Gasteiger charge is -2.16. The highest BCUT2D eigenvalue weighted by atomic mass is 15.2. The molecule has 1 aromatic carbocycles. The van der Waals surface area contributed by atoms with Gasteiger partial charge in [-0.1, -0.05) is 6.07 Å². The van der Waals surface area contributed by atoms with Crippen molar-refractivity contribution in [1.29, 1.82) is 0 Å². The first-order valence-corrected chi connectivity index (χ1v) is 9.74. The van der Waals surface area contributed by atoms with Gasteiger partial charge in [-0.25, -0.2) is 9.97 Å². The summed E-state index contributed by atoms with van der Waals surface area (Å²) in [6, 6.07) is 8.44. The molecule has 4 aromatic heterocycles. The molecule has 7 nitrogen and oxygen atoms in total. The van der Waals surface area contributed by atoms with Crippen molar-refractivity contribution in [2.75, 3.05) is 6.54 Å². The van der Waals surface area contributed by atoms with E-state index in [-0.39, 0.29) is 0 Å². The van der Waals surface area contributed by atoms with Crippen LogP contribution in [0.1, 0.15) is 16.7 Å². The van der Waals surface area contributed by atoms with Crippen molar-refractivity contribution in [3.8, 4) is 22.6 Å². The van der Waals surface area contributed by atoms with Crippen molar-refractivity contribution >= 4 is 22.1 Å². The van der Waals surface area contributed by atoms with Gasteiger partial charge >= 0.3 is 0 Å². The van der Waals surface area contributed by atoms with E-state index in [2.05, 4.69) is 55.6 Å². The number of pyridine rings is 2. The number of aryl methyl sites for hydroxylation is 1. The Morgan fingerprint density at radius 2 is 2.07 bits per heavy atom. The lowest BCUT2D eigenvalue weighted by atomic mass is 10.00. The first-order valence-electron chi connectivity index (χ1n) is 9.74. The minimum absolute atomic E-state index is 0.675. The molecule has 0 radical (unpaired) electrons. The zero-order chi connectivity index (χ0) is 19.4. The topological polar surface area (TPSA) is 95.2 Å². The van der Waals surface area contributed by atoms with Crippen molar-refractivity contribution in [1.82, 2.24) is 35.5 Å². The maximum Gasteiger partial charge on any atom is 0.181 e. The maximum absolute atomic E-state index is 4.93. The quantitative estimate of drug-likeness (QED) is 0.435. The minimum Gasteiger partial charge on any atom is -0.337 e. The van der Waals surface area contributed by atoms with Crippen molar-refractivity contribution < 1.29 is 0 Å². The minimum atomic E-state index is 0.675. The number of aromatic amines is 2. The van der Waals surface area contributed by atoms with Gasteiger partial charge in [-0.05, 0) is 54.8 Å².